The van der Waals surface area contributed by atoms with Gasteiger partial charge in [0, 0.05) is 13.6 Å². The second-order valence-electron chi connectivity index (χ2n) is 3.70. The molecule has 6 heteroatoms. The molecule has 0 aliphatic carbocycles. The van der Waals surface area contributed by atoms with E-state index in [1.165, 1.54) is 14.2 Å². The number of nitrogens with zero attached hydrogens (tertiary/aromatic N) is 1. The average Bonchev–Trinajstić information content (AvgIpc) is 2.29. The Balaban J connectivity index is 3.27. The molecule has 0 aliphatic rings. The summed E-state index contributed by atoms with van der Waals surface area (Å²) in [5.74, 6) is 0.306. The third-order valence-electron chi connectivity index (χ3n) is 2.42. The monoisotopic (exact) mass is 259 g/mol. The van der Waals surface area contributed by atoms with Crippen LogP contribution in [0.4, 0.5) is 0 Å². The number of aliphatic hydroxyl groups excluding tert-OH is 1. The molecular formula is C11H17NO4S. The SMILES string of the molecule is COc1ccc(C)cc1S(=O)(=O)N(C)CCO. The summed E-state index contributed by atoms with van der Waals surface area (Å²) in [5, 5.41) is 8.79. The van der Waals surface area contributed by atoms with Crippen molar-refractivity contribution < 1.29 is 18.3 Å². The number of aliphatic hydroxyl groups is 1. The minimum atomic E-state index is -3.62. The molecule has 0 aliphatic heterocycles. The topological polar surface area (TPSA) is 66.8 Å². The first-order valence-corrected chi connectivity index (χ1v) is 6.59. The van der Waals surface area contributed by atoms with E-state index in [4.69, 9.17) is 9.84 Å². The van der Waals surface area contributed by atoms with Gasteiger partial charge >= 0.3 is 0 Å². The van der Waals surface area contributed by atoms with Crippen LogP contribution in [-0.4, -0.2) is 45.1 Å². The Morgan fingerprint density at radius 2 is 2.06 bits per heavy atom. The zero-order valence-corrected chi connectivity index (χ0v) is 11.0. The minimum Gasteiger partial charge on any atom is -0.495 e. The molecule has 1 aromatic rings. The van der Waals surface area contributed by atoms with Crippen LogP contribution >= 0.6 is 0 Å². The Morgan fingerprint density at radius 1 is 1.41 bits per heavy atom. The minimum absolute atomic E-state index is 0.0550. The summed E-state index contributed by atoms with van der Waals surface area (Å²) >= 11 is 0. The van der Waals surface area contributed by atoms with Gasteiger partial charge in [0.25, 0.3) is 0 Å². The molecule has 0 aromatic heterocycles. The third kappa shape index (κ3) is 2.96. The first-order valence-electron chi connectivity index (χ1n) is 5.15. The van der Waals surface area contributed by atoms with Crippen LogP contribution in [0.25, 0.3) is 0 Å². The highest BCUT2D eigenvalue weighted by molar-refractivity contribution is 7.89. The van der Waals surface area contributed by atoms with Gasteiger partial charge in [-0.25, -0.2) is 8.42 Å². The lowest BCUT2D eigenvalue weighted by atomic mass is 10.2. The fraction of sp³-hybridized carbons (Fsp3) is 0.455. The number of hydrogen-bond acceptors (Lipinski definition) is 4. The molecule has 1 aromatic carbocycles. The number of sulfonamides is 1. The Morgan fingerprint density at radius 3 is 2.59 bits per heavy atom. The number of benzene rings is 1. The van der Waals surface area contributed by atoms with Gasteiger partial charge in [0.1, 0.15) is 10.6 Å². The van der Waals surface area contributed by atoms with Gasteiger partial charge in [-0.05, 0) is 24.6 Å². The highest BCUT2D eigenvalue weighted by atomic mass is 32.2. The molecular weight excluding hydrogens is 242 g/mol. The number of aryl methyl sites for hydroxylation is 1. The largest absolute Gasteiger partial charge is 0.495 e. The quantitative estimate of drug-likeness (QED) is 0.841. The van der Waals surface area contributed by atoms with Gasteiger partial charge in [0.2, 0.25) is 10.0 Å². The van der Waals surface area contributed by atoms with Gasteiger partial charge in [-0.3, -0.25) is 0 Å². The molecule has 17 heavy (non-hydrogen) atoms. The van der Waals surface area contributed by atoms with Crippen LogP contribution < -0.4 is 4.74 Å². The Hall–Kier alpha value is -1.11. The van der Waals surface area contributed by atoms with Crippen molar-refractivity contribution >= 4 is 10.0 Å². The lowest BCUT2D eigenvalue weighted by Crippen LogP contribution is -2.30. The van der Waals surface area contributed by atoms with Crippen LogP contribution in [0.2, 0.25) is 0 Å². The molecule has 1 rings (SSSR count). The standard InChI is InChI=1S/C11H17NO4S/c1-9-4-5-10(16-3)11(8-9)17(14,15)12(2)6-7-13/h4-5,8,13H,6-7H2,1-3H3. The molecule has 0 spiro atoms. The fourth-order valence-electron chi connectivity index (χ4n) is 1.41. The summed E-state index contributed by atoms with van der Waals surface area (Å²) in [6, 6.07) is 4.96. The lowest BCUT2D eigenvalue weighted by Gasteiger charge is -2.18. The summed E-state index contributed by atoms with van der Waals surface area (Å²) < 4.78 is 30.5. The van der Waals surface area contributed by atoms with Gasteiger partial charge in [-0.15, -0.1) is 0 Å². The van der Waals surface area contributed by atoms with Crippen LogP contribution in [0.3, 0.4) is 0 Å². The zero-order chi connectivity index (χ0) is 13.1. The number of methoxy groups -OCH3 is 1. The van der Waals surface area contributed by atoms with Crippen LogP contribution in [0, 0.1) is 6.92 Å². The van der Waals surface area contributed by atoms with Crippen molar-refractivity contribution in [3.05, 3.63) is 23.8 Å². The smallest absolute Gasteiger partial charge is 0.246 e. The first-order chi connectivity index (χ1) is 7.93. The van der Waals surface area contributed by atoms with Crippen molar-refractivity contribution in [2.24, 2.45) is 0 Å². The first kappa shape index (κ1) is 14.0. The fourth-order valence-corrected chi connectivity index (χ4v) is 2.81. The average molecular weight is 259 g/mol. The Kier molecular flexibility index (Phi) is 4.50. The summed E-state index contributed by atoms with van der Waals surface area (Å²) in [5.41, 5.74) is 0.835. The van der Waals surface area contributed by atoms with E-state index in [2.05, 4.69) is 0 Å². The molecule has 0 unspecified atom stereocenters. The number of hydrogen-bond donors (Lipinski definition) is 1. The van der Waals surface area contributed by atoms with E-state index in [0.717, 1.165) is 9.87 Å². The molecule has 96 valence electrons. The summed E-state index contributed by atoms with van der Waals surface area (Å²) in [6.07, 6.45) is 0. The van der Waals surface area contributed by atoms with Gasteiger partial charge in [-0.1, -0.05) is 6.07 Å². The van der Waals surface area contributed by atoms with Crippen molar-refractivity contribution in [2.45, 2.75) is 11.8 Å². The lowest BCUT2D eigenvalue weighted by molar-refractivity contribution is 0.266. The van der Waals surface area contributed by atoms with Gasteiger partial charge in [0.15, 0.2) is 0 Å². The highest BCUT2D eigenvalue weighted by Gasteiger charge is 2.24. The summed E-state index contributed by atoms with van der Waals surface area (Å²) in [4.78, 5) is 0.121. The van der Waals surface area contributed by atoms with E-state index in [0.29, 0.717) is 5.75 Å². The molecule has 0 saturated heterocycles. The third-order valence-corrected chi connectivity index (χ3v) is 4.30. The molecule has 1 N–H and O–H groups in total. The van der Waals surface area contributed by atoms with Gasteiger partial charge in [-0.2, -0.15) is 4.31 Å². The van der Waals surface area contributed by atoms with Gasteiger partial charge < -0.3 is 9.84 Å². The normalized spacial score (nSPS) is 11.8. The maximum atomic E-state index is 12.2. The molecule has 0 saturated carbocycles. The molecule has 5 nitrogen and oxygen atoms in total. The molecule has 0 heterocycles. The van der Waals surface area contributed by atoms with E-state index in [1.54, 1.807) is 18.2 Å². The summed E-state index contributed by atoms with van der Waals surface area (Å²) in [6.45, 7) is 1.65. The molecule has 0 bridgehead atoms. The van der Waals surface area contributed by atoms with Gasteiger partial charge in [0.05, 0.1) is 13.7 Å². The van der Waals surface area contributed by atoms with Crippen LogP contribution in [0.1, 0.15) is 5.56 Å². The maximum absolute atomic E-state index is 12.2. The Bertz CT molecular complexity index is 484. The van der Waals surface area contributed by atoms with Crippen molar-refractivity contribution in [1.29, 1.82) is 0 Å². The Labute approximate surface area is 102 Å². The van der Waals surface area contributed by atoms with Crippen molar-refractivity contribution in [3.63, 3.8) is 0 Å². The highest BCUT2D eigenvalue weighted by Crippen LogP contribution is 2.26. The van der Waals surface area contributed by atoms with E-state index in [-0.39, 0.29) is 18.0 Å². The molecule has 0 amide bonds. The second-order valence-corrected chi connectivity index (χ2v) is 5.72. The van der Waals surface area contributed by atoms with Crippen LogP contribution in [0.5, 0.6) is 5.75 Å². The second kappa shape index (κ2) is 5.48. The number of ether oxygens (including phenoxy) is 1. The molecule has 0 fully saturated rings. The number of likely N-dealkylation sites (N-methyl/N-ethyl adjacent to an activating group) is 1. The van der Waals surface area contributed by atoms with E-state index >= 15 is 0 Å². The van der Waals surface area contributed by atoms with Crippen LogP contribution in [-0.2, 0) is 10.0 Å². The van der Waals surface area contributed by atoms with Crippen molar-refractivity contribution in [2.75, 3.05) is 27.3 Å². The predicted octanol–water partition coefficient (Wildman–Crippen LogP) is 0.616. The van der Waals surface area contributed by atoms with E-state index in [9.17, 15) is 8.42 Å². The number of rotatable bonds is 5. The summed E-state index contributed by atoms with van der Waals surface area (Å²) in [7, 11) is -0.768. The van der Waals surface area contributed by atoms with E-state index in [1.807, 2.05) is 6.92 Å². The molecule has 0 radical (unpaired) electrons. The van der Waals surface area contributed by atoms with Crippen LogP contribution in [0.15, 0.2) is 23.1 Å². The van der Waals surface area contributed by atoms with Crippen molar-refractivity contribution in [1.82, 2.24) is 4.31 Å². The van der Waals surface area contributed by atoms with Crippen molar-refractivity contribution in [3.8, 4) is 5.75 Å². The maximum Gasteiger partial charge on any atom is 0.246 e. The molecule has 0 atom stereocenters. The van der Waals surface area contributed by atoms with E-state index < -0.39 is 10.0 Å². The zero-order valence-electron chi connectivity index (χ0n) is 10.2. The predicted molar refractivity (Wildman–Crippen MR) is 64.6 cm³/mol.